The maximum Gasteiger partial charge on any atom is 0.148 e. The number of hydrogen-bond acceptors (Lipinski definition) is 2. The summed E-state index contributed by atoms with van der Waals surface area (Å²) in [5, 5.41) is 4.21. The first-order valence-corrected chi connectivity index (χ1v) is 8.01. The van der Waals surface area contributed by atoms with Gasteiger partial charge >= 0.3 is 0 Å². The number of nitrogens with zero attached hydrogens (tertiary/aromatic N) is 2. The highest BCUT2D eigenvalue weighted by Gasteiger charge is 2.33. The average molecular weight is 312 g/mol. The van der Waals surface area contributed by atoms with Gasteiger partial charge in [-0.1, -0.05) is 24.3 Å². The number of hydrogen-bond donors (Lipinski definition) is 0. The molecule has 1 saturated heterocycles. The predicted molar refractivity (Wildman–Crippen MR) is 87.6 cm³/mol. The van der Waals surface area contributed by atoms with Gasteiger partial charge in [0.1, 0.15) is 11.6 Å². The highest BCUT2D eigenvalue weighted by Crippen LogP contribution is 2.39. The minimum atomic E-state index is -0.233. The monoisotopic (exact) mass is 312 g/mol. The maximum atomic E-state index is 14.2. The van der Waals surface area contributed by atoms with Crippen LogP contribution < -0.4 is 5.01 Å². The van der Waals surface area contributed by atoms with Crippen LogP contribution in [-0.2, 0) is 0 Å². The van der Waals surface area contributed by atoms with Crippen molar-refractivity contribution in [1.82, 2.24) is 5.01 Å². The summed E-state index contributed by atoms with van der Waals surface area (Å²) in [6.45, 7) is 1.52. The summed E-state index contributed by atoms with van der Waals surface area (Å²) in [7, 11) is 0. The van der Waals surface area contributed by atoms with Crippen molar-refractivity contribution in [2.75, 3.05) is 18.1 Å². The molecule has 2 nitrogen and oxygen atoms in total. The normalized spacial score (nSPS) is 17.7. The van der Waals surface area contributed by atoms with Crippen LogP contribution in [0.4, 0.5) is 14.5 Å². The van der Waals surface area contributed by atoms with Crippen LogP contribution in [0.3, 0.4) is 0 Å². The lowest BCUT2D eigenvalue weighted by Crippen LogP contribution is -2.40. The Balaban J connectivity index is 1.75. The first-order chi connectivity index (χ1) is 11.2. The zero-order chi connectivity index (χ0) is 15.8. The number of piperidine rings is 1. The van der Waals surface area contributed by atoms with Gasteiger partial charge in [-0.3, -0.25) is 10.0 Å². The highest BCUT2D eigenvalue weighted by atomic mass is 19.1. The van der Waals surface area contributed by atoms with Gasteiger partial charge in [-0.15, -0.1) is 0 Å². The van der Waals surface area contributed by atoms with E-state index in [1.54, 1.807) is 6.07 Å². The molecule has 2 aromatic rings. The third kappa shape index (κ3) is 2.48. The van der Waals surface area contributed by atoms with Gasteiger partial charge < -0.3 is 0 Å². The fourth-order valence-electron chi connectivity index (χ4n) is 3.50. The molecule has 0 spiro atoms. The standard InChI is InChI=1S/C19H18F2N2/c20-15-10-8-14(9-11-15)16-13-23(19-7-2-1-5-17(19)21)22-12-4-3-6-18(16)22/h1-2,5,7-11H,3-4,6,12-13H2. The molecule has 0 saturated carbocycles. The number of anilines is 1. The van der Waals surface area contributed by atoms with Gasteiger partial charge in [-0.2, -0.15) is 0 Å². The number of para-hydroxylation sites is 1. The molecule has 0 aromatic heterocycles. The van der Waals surface area contributed by atoms with Gasteiger partial charge in [0.15, 0.2) is 0 Å². The Morgan fingerprint density at radius 2 is 1.61 bits per heavy atom. The minimum absolute atomic E-state index is 0.210. The van der Waals surface area contributed by atoms with Gasteiger partial charge in [-0.05, 0) is 49.1 Å². The Morgan fingerprint density at radius 1 is 0.826 bits per heavy atom. The smallest absolute Gasteiger partial charge is 0.148 e. The molecular formula is C19H18F2N2. The van der Waals surface area contributed by atoms with Crippen molar-refractivity contribution in [3.63, 3.8) is 0 Å². The molecule has 2 aromatic carbocycles. The molecule has 0 radical (unpaired) electrons. The van der Waals surface area contributed by atoms with E-state index in [4.69, 9.17) is 0 Å². The van der Waals surface area contributed by atoms with Gasteiger partial charge in [0.2, 0.25) is 0 Å². The van der Waals surface area contributed by atoms with E-state index in [0.29, 0.717) is 12.2 Å². The van der Waals surface area contributed by atoms with Gasteiger partial charge in [0, 0.05) is 17.8 Å². The minimum Gasteiger partial charge on any atom is -0.289 e. The topological polar surface area (TPSA) is 6.48 Å². The molecule has 0 aliphatic carbocycles. The third-order valence-corrected chi connectivity index (χ3v) is 4.62. The van der Waals surface area contributed by atoms with Crippen LogP contribution in [0, 0.1) is 11.6 Å². The van der Waals surface area contributed by atoms with Gasteiger partial charge in [0.05, 0.1) is 12.2 Å². The van der Waals surface area contributed by atoms with Crippen molar-refractivity contribution in [2.24, 2.45) is 0 Å². The maximum absolute atomic E-state index is 14.2. The van der Waals surface area contributed by atoms with Crippen LogP contribution in [-0.4, -0.2) is 18.1 Å². The van der Waals surface area contributed by atoms with E-state index in [1.165, 1.54) is 29.5 Å². The quantitative estimate of drug-likeness (QED) is 0.800. The van der Waals surface area contributed by atoms with Crippen LogP contribution in [0.5, 0.6) is 0 Å². The molecule has 1 fully saturated rings. The Kier molecular flexibility index (Phi) is 3.52. The second kappa shape index (κ2) is 5.69. The lowest BCUT2D eigenvalue weighted by molar-refractivity contribution is 0.292. The molecule has 4 rings (SSSR count). The summed E-state index contributed by atoms with van der Waals surface area (Å²) >= 11 is 0. The number of fused-ring (bicyclic) bond motifs is 1. The first-order valence-electron chi connectivity index (χ1n) is 8.01. The summed E-state index contributed by atoms with van der Waals surface area (Å²) in [4.78, 5) is 0. The fourth-order valence-corrected chi connectivity index (χ4v) is 3.50. The van der Waals surface area contributed by atoms with E-state index in [1.807, 2.05) is 29.3 Å². The number of benzene rings is 2. The molecule has 0 bridgehead atoms. The first kappa shape index (κ1) is 14.2. The third-order valence-electron chi connectivity index (χ3n) is 4.62. The molecule has 23 heavy (non-hydrogen) atoms. The van der Waals surface area contributed by atoms with E-state index >= 15 is 0 Å². The van der Waals surface area contributed by atoms with Crippen LogP contribution in [0.15, 0.2) is 54.2 Å². The van der Waals surface area contributed by atoms with E-state index in [-0.39, 0.29) is 11.6 Å². The van der Waals surface area contributed by atoms with Crippen molar-refractivity contribution in [3.8, 4) is 0 Å². The molecule has 2 heterocycles. The summed E-state index contributed by atoms with van der Waals surface area (Å²) in [5.41, 5.74) is 4.04. The summed E-state index contributed by atoms with van der Waals surface area (Å²) in [6.07, 6.45) is 3.23. The van der Waals surface area contributed by atoms with Crippen LogP contribution in [0.1, 0.15) is 24.8 Å². The molecule has 0 N–H and O–H groups in total. The average Bonchev–Trinajstić information content (AvgIpc) is 2.96. The fraction of sp³-hybridized carbons (Fsp3) is 0.263. The number of halogens is 2. The molecule has 2 aliphatic heterocycles. The largest absolute Gasteiger partial charge is 0.289 e. The number of rotatable bonds is 2. The predicted octanol–water partition coefficient (Wildman–Crippen LogP) is 4.60. The van der Waals surface area contributed by atoms with E-state index in [0.717, 1.165) is 31.4 Å². The zero-order valence-corrected chi connectivity index (χ0v) is 12.8. The number of allylic oxidation sites excluding steroid dienone is 1. The van der Waals surface area contributed by atoms with Crippen LogP contribution in [0.2, 0.25) is 0 Å². The molecule has 2 aliphatic rings. The van der Waals surface area contributed by atoms with Crippen LogP contribution in [0.25, 0.3) is 5.57 Å². The summed E-state index contributed by atoms with van der Waals surface area (Å²) in [6, 6.07) is 13.5. The SMILES string of the molecule is Fc1ccc(C2=C3CCCCN3N(c3ccccc3F)C2)cc1. The van der Waals surface area contributed by atoms with Crippen molar-refractivity contribution < 1.29 is 8.78 Å². The highest BCUT2D eigenvalue weighted by molar-refractivity contribution is 5.76. The number of hydrazine groups is 1. The molecular weight excluding hydrogens is 294 g/mol. The summed E-state index contributed by atoms with van der Waals surface area (Å²) in [5.74, 6) is -0.443. The van der Waals surface area contributed by atoms with E-state index < -0.39 is 0 Å². The van der Waals surface area contributed by atoms with Gasteiger partial charge in [-0.25, -0.2) is 8.78 Å². The molecule has 4 heteroatoms. The molecule has 0 amide bonds. The van der Waals surface area contributed by atoms with Crippen molar-refractivity contribution in [1.29, 1.82) is 0 Å². The Morgan fingerprint density at radius 3 is 2.39 bits per heavy atom. The molecule has 118 valence electrons. The zero-order valence-electron chi connectivity index (χ0n) is 12.8. The molecule has 0 unspecified atom stereocenters. The second-order valence-electron chi connectivity index (χ2n) is 6.02. The lowest BCUT2D eigenvalue weighted by Gasteiger charge is -2.36. The Labute approximate surface area is 134 Å². The molecule has 0 atom stereocenters. The van der Waals surface area contributed by atoms with E-state index in [2.05, 4.69) is 5.01 Å². The second-order valence-corrected chi connectivity index (χ2v) is 6.02. The van der Waals surface area contributed by atoms with Crippen LogP contribution >= 0.6 is 0 Å². The Hall–Kier alpha value is -2.36. The Bertz CT molecular complexity index is 752. The van der Waals surface area contributed by atoms with Gasteiger partial charge in [0.25, 0.3) is 0 Å². The van der Waals surface area contributed by atoms with Crippen molar-refractivity contribution >= 4 is 11.3 Å². The summed E-state index contributed by atoms with van der Waals surface area (Å²) < 4.78 is 27.5. The van der Waals surface area contributed by atoms with E-state index in [9.17, 15) is 8.78 Å². The van der Waals surface area contributed by atoms with Crippen molar-refractivity contribution in [2.45, 2.75) is 19.3 Å². The van der Waals surface area contributed by atoms with Crippen molar-refractivity contribution in [3.05, 3.63) is 71.4 Å². The lowest BCUT2D eigenvalue weighted by atomic mass is 10.00.